The van der Waals surface area contributed by atoms with Crippen molar-refractivity contribution < 1.29 is 31.3 Å². The van der Waals surface area contributed by atoms with E-state index in [9.17, 15) is 26.5 Å². The normalized spacial score (nSPS) is 13.0. The first-order valence-corrected chi connectivity index (χ1v) is 7.36. The number of carbonyl (C=O) groups excluding carboxylic acids is 1. The molecule has 5 nitrogen and oxygen atoms in total. The van der Waals surface area contributed by atoms with E-state index in [0.29, 0.717) is 0 Å². The van der Waals surface area contributed by atoms with E-state index >= 15 is 0 Å². The van der Waals surface area contributed by atoms with Gasteiger partial charge in [-0.05, 0) is 23.1 Å². The van der Waals surface area contributed by atoms with E-state index in [1.54, 1.807) is 12.1 Å². The van der Waals surface area contributed by atoms with Gasteiger partial charge in [-0.15, -0.1) is 0 Å². The zero-order valence-electron chi connectivity index (χ0n) is 11.7. The molecule has 1 rings (SSSR count). The van der Waals surface area contributed by atoms with E-state index in [1.807, 2.05) is 20.8 Å². The standard InChI is InChI=1S/C13H16F2O5S/c1-12(2,3)10-6-4-9(5-7-10)11(16)20-8-13(14,15)21(17,18)19/h4-7H,8H2,1-3H3,(H,17,18,19)/p-1. The van der Waals surface area contributed by atoms with Gasteiger partial charge in [0.15, 0.2) is 16.7 Å². The van der Waals surface area contributed by atoms with Crippen LogP contribution >= 0.6 is 0 Å². The van der Waals surface area contributed by atoms with Crippen molar-refractivity contribution in [1.29, 1.82) is 0 Å². The van der Waals surface area contributed by atoms with Crippen LogP contribution in [0.1, 0.15) is 36.7 Å². The Kier molecular flexibility index (Phi) is 4.74. The summed E-state index contributed by atoms with van der Waals surface area (Å²) in [5.41, 5.74) is 0.764. The molecule has 0 saturated carbocycles. The van der Waals surface area contributed by atoms with Crippen LogP contribution in [0.15, 0.2) is 24.3 Å². The summed E-state index contributed by atoms with van der Waals surface area (Å²) in [6.45, 7) is 4.07. The van der Waals surface area contributed by atoms with Crippen molar-refractivity contribution >= 4 is 16.1 Å². The molecule has 118 valence electrons. The molecule has 0 fully saturated rings. The molecular weight excluding hydrogens is 306 g/mol. The quantitative estimate of drug-likeness (QED) is 0.627. The van der Waals surface area contributed by atoms with Crippen LogP contribution in [0.4, 0.5) is 8.78 Å². The summed E-state index contributed by atoms with van der Waals surface area (Å²) in [6, 6.07) is 6.04. The minimum absolute atomic E-state index is 0.0119. The first-order chi connectivity index (χ1) is 9.34. The molecule has 1 aromatic carbocycles. The summed E-state index contributed by atoms with van der Waals surface area (Å²) in [5, 5.41) is -4.64. The number of esters is 1. The smallest absolute Gasteiger partial charge is 0.367 e. The van der Waals surface area contributed by atoms with E-state index < -0.39 is 27.9 Å². The van der Waals surface area contributed by atoms with Crippen LogP contribution in [0.3, 0.4) is 0 Å². The minimum Gasteiger partial charge on any atom is -0.743 e. The maximum Gasteiger partial charge on any atom is 0.367 e. The molecule has 0 radical (unpaired) electrons. The number of carbonyl (C=O) groups is 1. The van der Waals surface area contributed by atoms with Gasteiger partial charge in [0.2, 0.25) is 0 Å². The fraction of sp³-hybridized carbons (Fsp3) is 0.462. The summed E-state index contributed by atoms with van der Waals surface area (Å²) in [5.74, 6) is -1.13. The Hall–Kier alpha value is -1.54. The Balaban J connectivity index is 2.78. The van der Waals surface area contributed by atoms with Crippen LogP contribution in [0, 0.1) is 0 Å². The first-order valence-electron chi connectivity index (χ1n) is 5.95. The third-order valence-corrected chi connectivity index (χ3v) is 3.57. The van der Waals surface area contributed by atoms with E-state index in [2.05, 4.69) is 4.74 Å². The lowest BCUT2D eigenvalue weighted by Gasteiger charge is -2.20. The van der Waals surface area contributed by atoms with Gasteiger partial charge in [-0.2, -0.15) is 8.78 Å². The average molecular weight is 321 g/mol. The summed E-state index contributed by atoms with van der Waals surface area (Å²) in [4.78, 5) is 11.5. The van der Waals surface area contributed by atoms with Gasteiger partial charge >= 0.3 is 11.2 Å². The summed E-state index contributed by atoms with van der Waals surface area (Å²) in [7, 11) is -5.87. The molecule has 8 heteroatoms. The highest BCUT2D eigenvalue weighted by atomic mass is 32.2. The Morgan fingerprint density at radius 1 is 1.19 bits per heavy atom. The van der Waals surface area contributed by atoms with Crippen molar-refractivity contribution in [3.05, 3.63) is 35.4 Å². The first kappa shape index (κ1) is 17.5. The van der Waals surface area contributed by atoms with E-state index in [-0.39, 0.29) is 11.0 Å². The lowest BCUT2D eigenvalue weighted by molar-refractivity contribution is -0.00997. The Labute approximate surface area is 121 Å². The Morgan fingerprint density at radius 2 is 1.67 bits per heavy atom. The summed E-state index contributed by atoms with van der Waals surface area (Å²) in [6.07, 6.45) is 0. The number of rotatable bonds is 4. The highest BCUT2D eigenvalue weighted by Gasteiger charge is 2.39. The Bertz CT molecular complexity index is 615. The number of benzene rings is 1. The highest BCUT2D eigenvalue weighted by molar-refractivity contribution is 7.86. The largest absolute Gasteiger partial charge is 0.743 e. The number of halogens is 2. The number of alkyl halides is 2. The van der Waals surface area contributed by atoms with Gasteiger partial charge in [-0.25, -0.2) is 13.2 Å². The molecule has 0 unspecified atom stereocenters. The molecule has 0 aliphatic heterocycles. The van der Waals surface area contributed by atoms with Gasteiger partial charge in [0, 0.05) is 0 Å². The predicted octanol–water partition coefficient (Wildman–Crippen LogP) is 2.28. The molecule has 0 amide bonds. The molecule has 0 aromatic heterocycles. The lowest BCUT2D eigenvalue weighted by Crippen LogP contribution is -2.34. The van der Waals surface area contributed by atoms with Crippen molar-refractivity contribution in [2.75, 3.05) is 6.61 Å². The second kappa shape index (κ2) is 5.69. The van der Waals surface area contributed by atoms with Crippen molar-refractivity contribution in [3.63, 3.8) is 0 Å². The van der Waals surface area contributed by atoms with E-state index in [0.717, 1.165) is 5.56 Å². The molecule has 0 atom stereocenters. The molecule has 0 saturated heterocycles. The van der Waals surface area contributed by atoms with Crippen LogP contribution in [-0.4, -0.2) is 30.8 Å². The second-order valence-corrected chi connectivity index (χ2v) is 7.00. The molecular formula is C13H15F2O5S-. The molecule has 0 N–H and O–H groups in total. The average Bonchev–Trinajstić information content (AvgIpc) is 2.34. The molecule has 0 bridgehead atoms. The van der Waals surface area contributed by atoms with Crippen molar-refractivity contribution in [1.82, 2.24) is 0 Å². The van der Waals surface area contributed by atoms with Crippen molar-refractivity contribution in [3.8, 4) is 0 Å². The van der Waals surface area contributed by atoms with Crippen LogP contribution in [0.5, 0.6) is 0 Å². The van der Waals surface area contributed by atoms with Gasteiger partial charge in [-0.1, -0.05) is 32.9 Å². The van der Waals surface area contributed by atoms with Crippen LogP contribution in [0.2, 0.25) is 0 Å². The van der Waals surface area contributed by atoms with Crippen LogP contribution in [0.25, 0.3) is 0 Å². The fourth-order valence-corrected chi connectivity index (χ4v) is 1.61. The molecule has 0 aliphatic carbocycles. The van der Waals surface area contributed by atoms with E-state index in [1.165, 1.54) is 12.1 Å². The maximum absolute atomic E-state index is 12.8. The molecule has 0 heterocycles. The zero-order valence-corrected chi connectivity index (χ0v) is 12.5. The third-order valence-electron chi connectivity index (χ3n) is 2.72. The number of ether oxygens (including phenoxy) is 1. The summed E-state index contributed by atoms with van der Waals surface area (Å²) >= 11 is 0. The maximum atomic E-state index is 12.8. The zero-order chi connectivity index (χ0) is 16.5. The molecule has 0 spiro atoms. The fourth-order valence-electron chi connectivity index (χ4n) is 1.41. The van der Waals surface area contributed by atoms with Gasteiger partial charge in [0.25, 0.3) is 0 Å². The SMILES string of the molecule is CC(C)(C)c1ccc(C(=O)OCC(F)(F)S(=O)(=O)[O-])cc1. The minimum atomic E-state index is -5.87. The topological polar surface area (TPSA) is 83.5 Å². The van der Waals surface area contributed by atoms with Gasteiger partial charge in [0.1, 0.15) is 0 Å². The second-order valence-electron chi connectivity index (χ2n) is 5.49. The van der Waals surface area contributed by atoms with Gasteiger partial charge < -0.3 is 9.29 Å². The molecule has 0 aliphatic rings. The van der Waals surface area contributed by atoms with Crippen molar-refractivity contribution in [2.24, 2.45) is 0 Å². The van der Waals surface area contributed by atoms with Crippen LogP contribution < -0.4 is 0 Å². The number of hydrogen-bond donors (Lipinski definition) is 0. The van der Waals surface area contributed by atoms with Gasteiger partial charge in [-0.3, -0.25) is 0 Å². The summed E-state index contributed by atoms with van der Waals surface area (Å²) < 4.78 is 60.7. The Morgan fingerprint density at radius 3 is 2.05 bits per heavy atom. The highest BCUT2D eigenvalue weighted by Crippen LogP contribution is 2.23. The predicted molar refractivity (Wildman–Crippen MR) is 70.1 cm³/mol. The van der Waals surface area contributed by atoms with Crippen molar-refractivity contribution in [2.45, 2.75) is 31.4 Å². The monoisotopic (exact) mass is 321 g/mol. The van der Waals surface area contributed by atoms with Crippen LogP contribution in [-0.2, 0) is 20.3 Å². The molecule has 1 aromatic rings. The van der Waals surface area contributed by atoms with Gasteiger partial charge in [0.05, 0.1) is 5.56 Å². The van der Waals surface area contributed by atoms with E-state index in [4.69, 9.17) is 0 Å². The number of hydrogen-bond acceptors (Lipinski definition) is 5. The third kappa shape index (κ3) is 4.47. The lowest BCUT2D eigenvalue weighted by atomic mass is 9.87. The molecule has 21 heavy (non-hydrogen) atoms.